The molecule has 0 unspecified atom stereocenters. The summed E-state index contributed by atoms with van der Waals surface area (Å²) < 4.78 is 1.46. The van der Waals surface area contributed by atoms with Crippen LogP contribution < -0.4 is 0 Å². The minimum Gasteiger partial charge on any atom is -0.241 e. The first-order valence-corrected chi connectivity index (χ1v) is 3.48. The molecule has 0 amide bonds. The third-order valence-corrected chi connectivity index (χ3v) is 1.70. The summed E-state index contributed by atoms with van der Waals surface area (Å²) in [6.45, 7) is 0. The van der Waals surface area contributed by atoms with Gasteiger partial charge < -0.3 is 0 Å². The molecular weight excluding hydrogens is 166 g/mol. The van der Waals surface area contributed by atoms with Crippen LogP contribution >= 0.6 is 0 Å². The van der Waals surface area contributed by atoms with Crippen LogP contribution in [0.5, 0.6) is 0 Å². The van der Waals surface area contributed by atoms with Gasteiger partial charge in [0.2, 0.25) is 0 Å². The minimum absolute atomic E-state index is 0.322. The maximum absolute atomic E-state index is 8.77. The molecule has 5 nitrogen and oxygen atoms in total. The zero-order valence-electron chi connectivity index (χ0n) is 6.47. The van der Waals surface area contributed by atoms with Gasteiger partial charge in [-0.1, -0.05) is 0 Å². The topological polar surface area (TPSA) is 77.8 Å². The Labute approximate surface area is 73.5 Å². The summed E-state index contributed by atoms with van der Waals surface area (Å²) in [7, 11) is 0. The second-order valence-electron chi connectivity index (χ2n) is 2.38. The number of hydrogen-bond acceptors (Lipinski definition) is 4. The molecule has 0 bridgehead atoms. The quantitative estimate of drug-likeness (QED) is 0.574. The smallest absolute Gasteiger partial charge is 0.136 e. The van der Waals surface area contributed by atoms with Gasteiger partial charge in [-0.3, -0.25) is 0 Å². The van der Waals surface area contributed by atoms with E-state index < -0.39 is 0 Å². The van der Waals surface area contributed by atoms with Gasteiger partial charge in [-0.15, -0.1) is 0 Å². The van der Waals surface area contributed by atoms with E-state index in [0.29, 0.717) is 16.6 Å². The summed E-state index contributed by atoms with van der Waals surface area (Å²) in [4.78, 5) is 3.78. The van der Waals surface area contributed by atoms with Crippen molar-refractivity contribution >= 4 is 5.52 Å². The van der Waals surface area contributed by atoms with Crippen molar-refractivity contribution in [3.05, 3.63) is 29.8 Å². The van der Waals surface area contributed by atoms with Crippen LogP contribution in [-0.2, 0) is 0 Å². The Morgan fingerprint density at radius 2 is 2.15 bits per heavy atom. The van der Waals surface area contributed by atoms with Crippen molar-refractivity contribution in [3.63, 3.8) is 0 Å². The van der Waals surface area contributed by atoms with E-state index in [-0.39, 0.29) is 0 Å². The highest BCUT2D eigenvalue weighted by Gasteiger charge is 2.09. The van der Waals surface area contributed by atoms with Crippen molar-refractivity contribution in [1.82, 2.24) is 14.6 Å². The molecule has 0 saturated heterocycles. The SMILES string of the molecule is N#Cc1cn2ncncc2c1C#N. The van der Waals surface area contributed by atoms with Gasteiger partial charge in [0.05, 0.1) is 17.3 Å². The summed E-state index contributed by atoms with van der Waals surface area (Å²) in [5, 5.41) is 21.3. The predicted octanol–water partition coefficient (Wildman–Crippen LogP) is 0.473. The highest BCUT2D eigenvalue weighted by molar-refractivity contribution is 5.66. The Morgan fingerprint density at radius 1 is 1.31 bits per heavy atom. The molecule has 5 heteroatoms. The molecule has 0 atom stereocenters. The van der Waals surface area contributed by atoms with Crippen molar-refractivity contribution in [1.29, 1.82) is 10.5 Å². The van der Waals surface area contributed by atoms with E-state index in [1.807, 2.05) is 12.1 Å². The first-order chi connectivity index (χ1) is 6.36. The molecule has 0 fully saturated rings. The summed E-state index contributed by atoms with van der Waals surface area (Å²) >= 11 is 0. The molecule has 13 heavy (non-hydrogen) atoms. The van der Waals surface area contributed by atoms with E-state index in [4.69, 9.17) is 10.5 Å². The highest BCUT2D eigenvalue weighted by atomic mass is 15.2. The Balaban J connectivity index is 2.93. The van der Waals surface area contributed by atoms with Gasteiger partial charge >= 0.3 is 0 Å². The lowest BCUT2D eigenvalue weighted by Crippen LogP contribution is -1.89. The molecule has 0 aliphatic rings. The monoisotopic (exact) mass is 169 g/mol. The first-order valence-electron chi connectivity index (χ1n) is 3.48. The third kappa shape index (κ3) is 0.916. The third-order valence-electron chi connectivity index (χ3n) is 1.70. The fraction of sp³-hybridized carbons (Fsp3) is 0. The minimum atomic E-state index is 0.322. The molecule has 2 aromatic rings. The number of nitrogens with zero attached hydrogens (tertiary/aromatic N) is 5. The second-order valence-corrected chi connectivity index (χ2v) is 2.38. The van der Waals surface area contributed by atoms with Crippen LogP contribution in [0.4, 0.5) is 0 Å². The van der Waals surface area contributed by atoms with E-state index in [0.717, 1.165) is 0 Å². The second kappa shape index (κ2) is 2.58. The summed E-state index contributed by atoms with van der Waals surface area (Å²) in [5.74, 6) is 0. The number of fused-ring (bicyclic) bond motifs is 1. The molecule has 0 aliphatic carbocycles. The summed E-state index contributed by atoms with van der Waals surface area (Å²) in [5.41, 5.74) is 1.20. The van der Waals surface area contributed by atoms with Gasteiger partial charge in [-0.2, -0.15) is 15.6 Å². The number of nitriles is 2. The fourth-order valence-corrected chi connectivity index (χ4v) is 1.12. The van der Waals surface area contributed by atoms with Gasteiger partial charge in [0.1, 0.15) is 24.0 Å². The molecule has 0 N–H and O–H groups in total. The standard InChI is InChI=1S/C8H3N5/c9-1-6-4-13-8(7(6)2-10)3-11-5-12-13/h3-5H. The van der Waals surface area contributed by atoms with E-state index in [1.54, 1.807) is 0 Å². The maximum Gasteiger partial charge on any atom is 0.136 e. The van der Waals surface area contributed by atoms with Gasteiger partial charge in [0.25, 0.3) is 0 Å². The van der Waals surface area contributed by atoms with Crippen LogP contribution in [0.15, 0.2) is 18.7 Å². The highest BCUT2D eigenvalue weighted by Crippen LogP contribution is 2.14. The van der Waals surface area contributed by atoms with Crippen LogP contribution in [-0.4, -0.2) is 14.6 Å². The summed E-state index contributed by atoms with van der Waals surface area (Å²) in [6, 6.07) is 3.87. The zero-order valence-corrected chi connectivity index (χ0v) is 6.47. The Kier molecular flexibility index (Phi) is 1.44. The van der Waals surface area contributed by atoms with Crippen LogP contribution in [0.1, 0.15) is 11.1 Å². The van der Waals surface area contributed by atoms with Crippen LogP contribution in [0, 0.1) is 22.7 Å². The van der Waals surface area contributed by atoms with Crippen LogP contribution in [0.3, 0.4) is 0 Å². The van der Waals surface area contributed by atoms with Crippen molar-refractivity contribution in [2.24, 2.45) is 0 Å². The van der Waals surface area contributed by atoms with Crippen LogP contribution in [0.2, 0.25) is 0 Å². The lowest BCUT2D eigenvalue weighted by atomic mass is 10.2. The average molecular weight is 169 g/mol. The van der Waals surface area contributed by atoms with Gasteiger partial charge in [0, 0.05) is 6.20 Å². The molecule has 2 heterocycles. The summed E-state index contributed by atoms with van der Waals surface area (Å²) in [6.07, 6.45) is 4.37. The van der Waals surface area contributed by atoms with Gasteiger partial charge in [0.15, 0.2) is 0 Å². The van der Waals surface area contributed by atoms with Gasteiger partial charge in [-0.05, 0) is 0 Å². The van der Waals surface area contributed by atoms with E-state index in [9.17, 15) is 0 Å². The lowest BCUT2D eigenvalue weighted by Gasteiger charge is -1.88. The molecule has 0 aromatic carbocycles. The van der Waals surface area contributed by atoms with Crippen LogP contribution in [0.25, 0.3) is 5.52 Å². The molecule has 2 rings (SSSR count). The predicted molar refractivity (Wildman–Crippen MR) is 42.4 cm³/mol. The van der Waals surface area contributed by atoms with Crippen molar-refractivity contribution in [2.45, 2.75) is 0 Å². The number of aromatic nitrogens is 3. The molecule has 0 saturated carbocycles. The van der Waals surface area contributed by atoms with E-state index in [2.05, 4.69) is 10.1 Å². The normalized spacial score (nSPS) is 9.38. The first kappa shape index (κ1) is 7.26. The van der Waals surface area contributed by atoms with Crippen molar-refractivity contribution < 1.29 is 0 Å². The Morgan fingerprint density at radius 3 is 2.85 bits per heavy atom. The molecule has 0 radical (unpaired) electrons. The molecule has 2 aromatic heterocycles. The number of hydrogen-bond donors (Lipinski definition) is 0. The zero-order chi connectivity index (χ0) is 9.26. The van der Waals surface area contributed by atoms with E-state index in [1.165, 1.54) is 23.2 Å². The molecule has 60 valence electrons. The Hall–Kier alpha value is -2.40. The largest absolute Gasteiger partial charge is 0.241 e. The fourth-order valence-electron chi connectivity index (χ4n) is 1.12. The lowest BCUT2D eigenvalue weighted by molar-refractivity contribution is 0.902. The molecule has 0 spiro atoms. The van der Waals surface area contributed by atoms with Crippen molar-refractivity contribution in [3.8, 4) is 12.1 Å². The van der Waals surface area contributed by atoms with Crippen molar-refractivity contribution in [2.75, 3.05) is 0 Å². The molecule has 0 aliphatic heterocycles. The number of rotatable bonds is 0. The van der Waals surface area contributed by atoms with E-state index >= 15 is 0 Å². The Bertz CT molecular complexity index is 540. The molecular formula is C8H3N5. The average Bonchev–Trinajstić information content (AvgIpc) is 2.55. The maximum atomic E-state index is 8.77. The van der Waals surface area contributed by atoms with Gasteiger partial charge in [-0.25, -0.2) is 9.50 Å².